The van der Waals surface area contributed by atoms with Gasteiger partial charge in [-0.25, -0.2) is 0 Å². The molecule has 1 fully saturated rings. The van der Waals surface area contributed by atoms with Gasteiger partial charge in [0.15, 0.2) is 0 Å². The van der Waals surface area contributed by atoms with Crippen molar-refractivity contribution in [1.29, 1.82) is 0 Å². The van der Waals surface area contributed by atoms with Crippen LogP contribution in [0.25, 0.3) is 0 Å². The lowest BCUT2D eigenvalue weighted by Crippen LogP contribution is -2.00. The molecule has 0 atom stereocenters. The first-order valence-electron chi connectivity index (χ1n) is 4.76. The molecule has 0 heterocycles. The number of rotatable bonds is 0. The van der Waals surface area contributed by atoms with E-state index in [4.69, 9.17) is 5.21 Å². The predicted octanol–water partition coefficient (Wildman–Crippen LogP) is 3.06. The molecule has 0 aromatic heterocycles. The monoisotopic (exact) mass is 251 g/mol. The van der Waals surface area contributed by atoms with Crippen LogP contribution in [0.1, 0.15) is 30.4 Å². The molecule has 1 N–H and O–H groups in total. The second kappa shape index (κ2) is 2.60. The van der Waals surface area contributed by atoms with Crippen molar-refractivity contribution >= 4 is 21.6 Å². The van der Waals surface area contributed by atoms with Gasteiger partial charge in [0.25, 0.3) is 0 Å². The third-order valence-electron chi connectivity index (χ3n) is 3.34. The van der Waals surface area contributed by atoms with Crippen LogP contribution in [-0.4, -0.2) is 10.9 Å². The molecule has 14 heavy (non-hydrogen) atoms. The van der Waals surface area contributed by atoms with Gasteiger partial charge < -0.3 is 5.21 Å². The largest absolute Gasteiger partial charge is 0.411 e. The Hall–Kier alpha value is -0.830. The Labute approximate surface area is 90.8 Å². The summed E-state index contributed by atoms with van der Waals surface area (Å²) in [6.07, 6.45) is 3.38. The minimum atomic E-state index is 0.320. The maximum absolute atomic E-state index is 8.92. The lowest BCUT2D eigenvalue weighted by Gasteiger charge is -2.06. The van der Waals surface area contributed by atoms with Crippen LogP contribution in [0, 0.1) is 0 Å². The number of benzene rings is 1. The summed E-state index contributed by atoms with van der Waals surface area (Å²) in [4.78, 5) is 0. The topological polar surface area (TPSA) is 32.6 Å². The Morgan fingerprint density at radius 1 is 1.36 bits per heavy atom. The molecule has 2 aliphatic carbocycles. The van der Waals surface area contributed by atoms with E-state index in [1.807, 2.05) is 12.1 Å². The minimum Gasteiger partial charge on any atom is -0.411 e. The van der Waals surface area contributed by atoms with Gasteiger partial charge in [0.2, 0.25) is 0 Å². The van der Waals surface area contributed by atoms with Crippen LogP contribution in [0.15, 0.2) is 27.8 Å². The van der Waals surface area contributed by atoms with Gasteiger partial charge in [-0.05, 0) is 30.5 Å². The Morgan fingerprint density at radius 3 is 2.79 bits per heavy atom. The molecule has 0 bridgehead atoms. The van der Waals surface area contributed by atoms with Crippen LogP contribution in [0.5, 0.6) is 0 Å². The third kappa shape index (κ3) is 0.989. The van der Waals surface area contributed by atoms with E-state index < -0.39 is 0 Å². The smallest absolute Gasteiger partial charge is 0.0879 e. The van der Waals surface area contributed by atoms with E-state index in [2.05, 4.69) is 27.2 Å². The fourth-order valence-electron chi connectivity index (χ4n) is 2.40. The zero-order chi connectivity index (χ0) is 9.76. The molecule has 1 aromatic rings. The highest BCUT2D eigenvalue weighted by molar-refractivity contribution is 9.10. The van der Waals surface area contributed by atoms with E-state index in [0.29, 0.717) is 5.41 Å². The summed E-state index contributed by atoms with van der Waals surface area (Å²) in [7, 11) is 0. The van der Waals surface area contributed by atoms with Gasteiger partial charge in [0, 0.05) is 21.9 Å². The zero-order valence-electron chi connectivity index (χ0n) is 7.63. The molecule has 1 saturated carbocycles. The standard InChI is InChI=1S/C11H10BrNO/c12-7-1-2-8-9(5-7)11(3-4-11)6-10(8)13-14/h1-2,5,14H,3-4,6H2/b13-10-. The summed E-state index contributed by atoms with van der Waals surface area (Å²) < 4.78 is 1.11. The summed E-state index contributed by atoms with van der Waals surface area (Å²) >= 11 is 3.48. The Morgan fingerprint density at radius 2 is 2.14 bits per heavy atom. The van der Waals surface area contributed by atoms with E-state index in [1.165, 1.54) is 18.4 Å². The van der Waals surface area contributed by atoms with Gasteiger partial charge in [0.05, 0.1) is 5.71 Å². The maximum atomic E-state index is 8.92. The number of halogens is 1. The molecule has 3 heteroatoms. The third-order valence-corrected chi connectivity index (χ3v) is 3.84. The van der Waals surface area contributed by atoms with Crippen molar-refractivity contribution in [2.45, 2.75) is 24.7 Å². The molecule has 1 aromatic carbocycles. The van der Waals surface area contributed by atoms with Gasteiger partial charge in [-0.15, -0.1) is 0 Å². The molecule has 2 nitrogen and oxygen atoms in total. The summed E-state index contributed by atoms with van der Waals surface area (Å²) in [6, 6.07) is 6.22. The minimum absolute atomic E-state index is 0.320. The van der Waals surface area contributed by atoms with Crippen LogP contribution in [0.2, 0.25) is 0 Å². The maximum Gasteiger partial charge on any atom is 0.0879 e. The Bertz CT molecular complexity index is 435. The van der Waals surface area contributed by atoms with Crippen LogP contribution in [-0.2, 0) is 5.41 Å². The van der Waals surface area contributed by atoms with E-state index in [1.54, 1.807) is 0 Å². The highest BCUT2D eigenvalue weighted by Crippen LogP contribution is 2.57. The normalized spacial score (nSPS) is 24.2. The van der Waals surface area contributed by atoms with Gasteiger partial charge in [-0.2, -0.15) is 0 Å². The molecule has 0 unspecified atom stereocenters. The van der Waals surface area contributed by atoms with Crippen LogP contribution in [0.3, 0.4) is 0 Å². The Kier molecular flexibility index (Phi) is 1.57. The first-order valence-corrected chi connectivity index (χ1v) is 5.56. The summed E-state index contributed by atoms with van der Waals surface area (Å²) in [6.45, 7) is 0. The highest BCUT2D eigenvalue weighted by atomic mass is 79.9. The molecule has 0 saturated heterocycles. The number of hydrogen-bond donors (Lipinski definition) is 1. The average molecular weight is 252 g/mol. The van der Waals surface area contributed by atoms with Crippen molar-refractivity contribution < 1.29 is 5.21 Å². The number of nitrogens with zero attached hydrogens (tertiary/aromatic N) is 1. The van der Waals surface area contributed by atoms with Crippen molar-refractivity contribution in [1.82, 2.24) is 0 Å². The van der Waals surface area contributed by atoms with Gasteiger partial charge >= 0.3 is 0 Å². The Balaban J connectivity index is 2.24. The van der Waals surface area contributed by atoms with Crippen molar-refractivity contribution in [2.75, 3.05) is 0 Å². The van der Waals surface area contributed by atoms with Crippen molar-refractivity contribution in [2.24, 2.45) is 5.16 Å². The summed E-state index contributed by atoms with van der Waals surface area (Å²) in [5.74, 6) is 0. The average Bonchev–Trinajstić information content (AvgIpc) is 2.88. The molecule has 0 amide bonds. The quantitative estimate of drug-likeness (QED) is 0.558. The summed E-state index contributed by atoms with van der Waals surface area (Å²) in [5, 5.41) is 12.3. The zero-order valence-corrected chi connectivity index (χ0v) is 9.21. The number of fused-ring (bicyclic) bond motifs is 2. The molecule has 1 spiro atoms. The first-order chi connectivity index (χ1) is 6.75. The molecule has 0 radical (unpaired) electrons. The van der Waals surface area contributed by atoms with Crippen LogP contribution >= 0.6 is 15.9 Å². The van der Waals surface area contributed by atoms with E-state index >= 15 is 0 Å². The molecule has 2 aliphatic rings. The molecular formula is C11H10BrNO. The predicted molar refractivity (Wildman–Crippen MR) is 58.0 cm³/mol. The van der Waals surface area contributed by atoms with Gasteiger partial charge in [-0.3, -0.25) is 0 Å². The molecule has 72 valence electrons. The first kappa shape index (κ1) is 8.48. The van der Waals surface area contributed by atoms with E-state index in [-0.39, 0.29) is 0 Å². The van der Waals surface area contributed by atoms with Crippen LogP contribution in [0.4, 0.5) is 0 Å². The van der Waals surface area contributed by atoms with Crippen molar-refractivity contribution in [3.63, 3.8) is 0 Å². The lowest BCUT2D eigenvalue weighted by atomic mass is 9.99. The van der Waals surface area contributed by atoms with Gasteiger partial charge in [0.1, 0.15) is 0 Å². The molecule has 0 aliphatic heterocycles. The molecular weight excluding hydrogens is 242 g/mol. The van der Waals surface area contributed by atoms with Crippen molar-refractivity contribution in [3.8, 4) is 0 Å². The van der Waals surface area contributed by atoms with E-state index in [0.717, 1.165) is 22.2 Å². The lowest BCUT2D eigenvalue weighted by molar-refractivity contribution is 0.318. The fraction of sp³-hybridized carbons (Fsp3) is 0.364. The molecule has 3 rings (SSSR count). The highest BCUT2D eigenvalue weighted by Gasteiger charge is 2.51. The van der Waals surface area contributed by atoms with Crippen LogP contribution < -0.4 is 0 Å². The second-order valence-electron chi connectivity index (χ2n) is 4.19. The van der Waals surface area contributed by atoms with Crippen molar-refractivity contribution in [3.05, 3.63) is 33.8 Å². The number of oxime groups is 1. The second-order valence-corrected chi connectivity index (χ2v) is 5.11. The van der Waals surface area contributed by atoms with Gasteiger partial charge in [-0.1, -0.05) is 27.2 Å². The fourth-order valence-corrected chi connectivity index (χ4v) is 2.77. The number of hydrogen-bond acceptors (Lipinski definition) is 2. The SMILES string of the molecule is O/N=C1/CC2(CC2)c2cc(Br)ccc21. The van der Waals surface area contributed by atoms with E-state index in [9.17, 15) is 0 Å². The summed E-state index contributed by atoms with van der Waals surface area (Å²) in [5.41, 5.74) is 3.67.